The van der Waals surface area contributed by atoms with Gasteiger partial charge in [-0.05, 0) is 76.9 Å². The zero-order valence-electron chi connectivity index (χ0n) is 20.8. The summed E-state index contributed by atoms with van der Waals surface area (Å²) in [6, 6.07) is 43.4. The molecule has 0 spiro atoms. The van der Waals surface area contributed by atoms with E-state index in [4.69, 9.17) is 4.98 Å². The smallest absolute Gasteiger partial charge is 0.124 e. The maximum Gasteiger partial charge on any atom is 0.124 e. The van der Waals surface area contributed by atoms with Gasteiger partial charge in [-0.2, -0.15) is 0 Å². The highest BCUT2D eigenvalue weighted by Crippen LogP contribution is 2.51. The summed E-state index contributed by atoms with van der Waals surface area (Å²) in [4.78, 5) is 7.26. The van der Waals surface area contributed by atoms with Gasteiger partial charge in [0.25, 0.3) is 0 Å². The van der Waals surface area contributed by atoms with Crippen LogP contribution in [-0.4, -0.2) is 4.98 Å². The van der Waals surface area contributed by atoms with Crippen LogP contribution in [0, 0.1) is 0 Å². The van der Waals surface area contributed by atoms with Gasteiger partial charge in [0.2, 0.25) is 0 Å². The van der Waals surface area contributed by atoms with Crippen LogP contribution in [0.1, 0.15) is 25.0 Å². The molecule has 0 saturated carbocycles. The lowest BCUT2D eigenvalue weighted by atomic mass is 9.82. The molecule has 0 amide bonds. The Morgan fingerprint density at radius 1 is 0.595 bits per heavy atom. The van der Waals surface area contributed by atoms with Crippen LogP contribution >= 0.6 is 11.3 Å². The predicted molar refractivity (Wildman–Crippen MR) is 157 cm³/mol. The standard InChI is InChI=1S/C34H26N2S/c1-34(2)29-21-23(33-35-31-15-9-10-16-32(31)37-33)17-19-27(29)28-20-18-26(22-30(28)34)36(24-11-5-3-6-12-24)25-13-7-4-8-14-25/h3-22H,1-2H3. The van der Waals surface area contributed by atoms with Crippen LogP contribution in [0.2, 0.25) is 0 Å². The average Bonchev–Trinajstić information content (AvgIpc) is 3.47. The van der Waals surface area contributed by atoms with E-state index < -0.39 is 0 Å². The van der Waals surface area contributed by atoms with Gasteiger partial charge in [-0.1, -0.05) is 80.6 Å². The van der Waals surface area contributed by atoms with Crippen molar-refractivity contribution in [3.8, 4) is 21.7 Å². The number of rotatable bonds is 4. The van der Waals surface area contributed by atoms with Gasteiger partial charge < -0.3 is 4.90 Å². The summed E-state index contributed by atoms with van der Waals surface area (Å²) in [5, 5.41) is 1.08. The van der Waals surface area contributed by atoms with Gasteiger partial charge in [0.05, 0.1) is 10.2 Å². The number of para-hydroxylation sites is 3. The molecule has 0 atom stereocenters. The number of nitrogens with zero attached hydrogens (tertiary/aromatic N) is 2. The Kier molecular flexibility index (Phi) is 5.02. The first-order valence-corrected chi connectivity index (χ1v) is 13.5. The number of thiazole rings is 1. The van der Waals surface area contributed by atoms with E-state index in [0.29, 0.717) is 0 Å². The first kappa shape index (κ1) is 22.0. The van der Waals surface area contributed by atoms with Gasteiger partial charge in [-0.3, -0.25) is 0 Å². The molecule has 0 fully saturated rings. The Bertz CT molecular complexity index is 1680. The predicted octanol–water partition coefficient (Wildman–Crippen LogP) is 9.74. The highest BCUT2D eigenvalue weighted by atomic mass is 32.1. The maximum absolute atomic E-state index is 4.92. The molecule has 5 aromatic carbocycles. The zero-order valence-corrected chi connectivity index (χ0v) is 21.7. The number of benzene rings is 5. The third-order valence-corrected chi connectivity index (χ3v) is 8.57. The summed E-state index contributed by atoms with van der Waals surface area (Å²) in [5.41, 5.74) is 11.0. The summed E-state index contributed by atoms with van der Waals surface area (Å²) in [6.45, 7) is 4.69. The third-order valence-electron chi connectivity index (χ3n) is 7.49. The second kappa shape index (κ2) is 8.43. The van der Waals surface area contributed by atoms with E-state index in [9.17, 15) is 0 Å². The second-order valence-corrected chi connectivity index (χ2v) is 11.1. The molecule has 0 saturated heterocycles. The molecule has 178 valence electrons. The fourth-order valence-electron chi connectivity index (χ4n) is 5.59. The Morgan fingerprint density at radius 3 is 1.86 bits per heavy atom. The van der Waals surface area contributed by atoms with E-state index in [0.717, 1.165) is 21.9 Å². The first-order chi connectivity index (χ1) is 18.1. The summed E-state index contributed by atoms with van der Waals surface area (Å²) in [5.74, 6) is 0. The normalized spacial score (nSPS) is 13.4. The van der Waals surface area contributed by atoms with E-state index in [2.05, 4.69) is 140 Å². The van der Waals surface area contributed by atoms with E-state index in [1.54, 1.807) is 11.3 Å². The van der Waals surface area contributed by atoms with E-state index in [-0.39, 0.29) is 5.41 Å². The molecule has 6 aromatic rings. The molecule has 0 aliphatic heterocycles. The van der Waals surface area contributed by atoms with Crippen LogP contribution in [-0.2, 0) is 5.41 Å². The van der Waals surface area contributed by atoms with Crippen LogP contribution in [0.5, 0.6) is 0 Å². The molecule has 37 heavy (non-hydrogen) atoms. The summed E-state index contributed by atoms with van der Waals surface area (Å²) < 4.78 is 1.23. The fourth-order valence-corrected chi connectivity index (χ4v) is 6.56. The molecule has 0 unspecified atom stereocenters. The second-order valence-electron chi connectivity index (χ2n) is 10.1. The van der Waals surface area contributed by atoms with Crippen molar-refractivity contribution in [1.82, 2.24) is 4.98 Å². The van der Waals surface area contributed by atoms with Crippen molar-refractivity contribution in [2.75, 3.05) is 4.90 Å². The monoisotopic (exact) mass is 494 g/mol. The molecule has 3 heteroatoms. The van der Waals surface area contributed by atoms with Crippen LogP contribution in [0.4, 0.5) is 17.1 Å². The van der Waals surface area contributed by atoms with Crippen LogP contribution in [0.25, 0.3) is 31.9 Å². The summed E-state index contributed by atoms with van der Waals surface area (Å²) in [6.07, 6.45) is 0. The summed E-state index contributed by atoms with van der Waals surface area (Å²) >= 11 is 1.76. The van der Waals surface area contributed by atoms with Gasteiger partial charge in [0.1, 0.15) is 5.01 Å². The Morgan fingerprint density at radius 2 is 1.19 bits per heavy atom. The van der Waals surface area contributed by atoms with Gasteiger partial charge in [0.15, 0.2) is 0 Å². The molecule has 0 radical (unpaired) electrons. The number of hydrogen-bond donors (Lipinski definition) is 0. The van der Waals surface area contributed by atoms with Gasteiger partial charge in [-0.25, -0.2) is 4.98 Å². The molecule has 1 heterocycles. The highest BCUT2D eigenvalue weighted by Gasteiger charge is 2.36. The van der Waals surface area contributed by atoms with Crippen molar-refractivity contribution in [3.63, 3.8) is 0 Å². The molecular weight excluding hydrogens is 468 g/mol. The zero-order chi connectivity index (χ0) is 25.0. The first-order valence-electron chi connectivity index (χ1n) is 12.7. The highest BCUT2D eigenvalue weighted by molar-refractivity contribution is 7.21. The van der Waals surface area contributed by atoms with Gasteiger partial charge in [-0.15, -0.1) is 11.3 Å². The lowest BCUT2D eigenvalue weighted by Gasteiger charge is -2.28. The molecule has 1 aromatic heterocycles. The lowest BCUT2D eigenvalue weighted by molar-refractivity contribution is 0.660. The maximum atomic E-state index is 4.92. The topological polar surface area (TPSA) is 16.1 Å². The fraction of sp³-hybridized carbons (Fsp3) is 0.0882. The molecule has 1 aliphatic rings. The van der Waals surface area contributed by atoms with Gasteiger partial charge >= 0.3 is 0 Å². The minimum atomic E-state index is -0.119. The Labute approximate surface area is 221 Å². The van der Waals surface area contributed by atoms with Crippen molar-refractivity contribution in [2.24, 2.45) is 0 Å². The van der Waals surface area contributed by atoms with Crippen molar-refractivity contribution in [2.45, 2.75) is 19.3 Å². The molecular formula is C34H26N2S. The SMILES string of the molecule is CC1(C)c2cc(-c3nc4ccccc4s3)ccc2-c2ccc(N(c3ccccc3)c3ccccc3)cc21. The molecule has 7 rings (SSSR count). The largest absolute Gasteiger partial charge is 0.310 e. The Balaban J connectivity index is 1.34. The van der Waals surface area contributed by atoms with Crippen molar-refractivity contribution in [1.29, 1.82) is 0 Å². The Hall–Kier alpha value is -4.21. The number of hydrogen-bond acceptors (Lipinski definition) is 3. The lowest BCUT2D eigenvalue weighted by Crippen LogP contribution is -2.16. The van der Waals surface area contributed by atoms with Crippen LogP contribution in [0.3, 0.4) is 0 Å². The number of anilines is 3. The molecule has 1 aliphatic carbocycles. The molecule has 0 bridgehead atoms. The van der Waals surface area contributed by atoms with Crippen LogP contribution < -0.4 is 4.90 Å². The number of aromatic nitrogens is 1. The van der Waals surface area contributed by atoms with E-state index >= 15 is 0 Å². The van der Waals surface area contributed by atoms with Crippen molar-refractivity contribution < 1.29 is 0 Å². The van der Waals surface area contributed by atoms with E-state index in [1.165, 1.54) is 38.2 Å². The van der Waals surface area contributed by atoms with E-state index in [1.807, 2.05) is 0 Å². The average molecular weight is 495 g/mol. The van der Waals surface area contributed by atoms with Crippen molar-refractivity contribution in [3.05, 3.63) is 132 Å². The minimum Gasteiger partial charge on any atom is -0.310 e. The molecule has 0 N–H and O–H groups in total. The van der Waals surface area contributed by atoms with Crippen molar-refractivity contribution >= 4 is 38.6 Å². The van der Waals surface area contributed by atoms with Crippen LogP contribution in [0.15, 0.2) is 121 Å². The quantitative estimate of drug-likeness (QED) is 0.242. The third kappa shape index (κ3) is 3.58. The number of fused-ring (bicyclic) bond motifs is 4. The molecule has 2 nitrogen and oxygen atoms in total. The van der Waals surface area contributed by atoms with Gasteiger partial charge in [0, 0.05) is 28.0 Å². The minimum absolute atomic E-state index is 0.119. The summed E-state index contributed by atoms with van der Waals surface area (Å²) in [7, 11) is 0.